The van der Waals surface area contributed by atoms with Crippen LogP contribution in [0.25, 0.3) is 11.1 Å². The van der Waals surface area contributed by atoms with Crippen molar-refractivity contribution in [2.45, 2.75) is 25.5 Å². The van der Waals surface area contributed by atoms with Gasteiger partial charge >= 0.3 is 0 Å². The van der Waals surface area contributed by atoms with Gasteiger partial charge in [0.2, 0.25) is 0 Å². The quantitative estimate of drug-likeness (QED) is 0.912. The van der Waals surface area contributed by atoms with Gasteiger partial charge in [-0.3, -0.25) is 4.99 Å². The van der Waals surface area contributed by atoms with Gasteiger partial charge in [0.15, 0.2) is 5.17 Å². The maximum Gasteiger partial charge on any atom is 0.154 e. The Hall–Kier alpha value is -1.78. The molecule has 0 unspecified atom stereocenters. The zero-order valence-electron chi connectivity index (χ0n) is 12.6. The summed E-state index contributed by atoms with van der Waals surface area (Å²) in [6.45, 7) is 2.20. The predicted octanol–water partition coefficient (Wildman–Crippen LogP) is 3.51. The minimum Gasteiger partial charge on any atom is -0.392 e. The maximum absolute atomic E-state index is 9.30. The monoisotopic (exact) mass is 312 g/mol. The Kier molecular flexibility index (Phi) is 4.23. The number of hydrogen-bond donors (Lipinski definition) is 2. The third-order valence-corrected chi connectivity index (χ3v) is 4.92. The van der Waals surface area contributed by atoms with Gasteiger partial charge in [-0.05, 0) is 47.7 Å². The van der Waals surface area contributed by atoms with Crippen LogP contribution < -0.4 is 5.73 Å². The Morgan fingerprint density at radius 1 is 1.18 bits per heavy atom. The van der Waals surface area contributed by atoms with Gasteiger partial charge in [0.05, 0.1) is 12.1 Å². The summed E-state index contributed by atoms with van der Waals surface area (Å²) in [5, 5.41) is 9.97. The van der Waals surface area contributed by atoms with E-state index in [2.05, 4.69) is 42.2 Å². The molecule has 0 saturated heterocycles. The molecule has 1 heterocycles. The number of aliphatic hydroxyl groups is 1. The van der Waals surface area contributed by atoms with E-state index in [9.17, 15) is 5.11 Å². The summed E-state index contributed by atoms with van der Waals surface area (Å²) in [5.41, 5.74) is 10.0. The van der Waals surface area contributed by atoms with Gasteiger partial charge < -0.3 is 10.8 Å². The fourth-order valence-electron chi connectivity index (χ4n) is 2.78. The van der Waals surface area contributed by atoms with Crippen molar-refractivity contribution < 1.29 is 5.11 Å². The lowest BCUT2D eigenvalue weighted by Gasteiger charge is -2.30. The maximum atomic E-state index is 9.30. The van der Waals surface area contributed by atoms with Crippen LogP contribution in [0.15, 0.2) is 53.5 Å². The van der Waals surface area contributed by atoms with Gasteiger partial charge in [0.25, 0.3) is 0 Å². The number of hydrogen-bond acceptors (Lipinski definition) is 4. The van der Waals surface area contributed by atoms with Crippen LogP contribution in [0.4, 0.5) is 0 Å². The zero-order chi connectivity index (χ0) is 15.6. The molecule has 0 bridgehead atoms. The van der Waals surface area contributed by atoms with E-state index in [1.54, 1.807) is 11.8 Å². The van der Waals surface area contributed by atoms with Gasteiger partial charge in [0, 0.05) is 5.75 Å². The first-order valence-electron chi connectivity index (χ1n) is 7.39. The van der Waals surface area contributed by atoms with Crippen LogP contribution in [-0.4, -0.2) is 16.0 Å². The number of nitrogens with zero attached hydrogens (tertiary/aromatic N) is 1. The fraction of sp³-hybridized carbons (Fsp3) is 0.278. The Morgan fingerprint density at radius 3 is 2.64 bits per heavy atom. The van der Waals surface area contributed by atoms with E-state index in [1.807, 2.05) is 18.2 Å². The Morgan fingerprint density at radius 2 is 1.91 bits per heavy atom. The molecule has 0 aliphatic carbocycles. The first kappa shape index (κ1) is 15.1. The van der Waals surface area contributed by atoms with Crippen LogP contribution in [0.2, 0.25) is 0 Å². The standard InChI is InChI=1S/C18H20N2OS/c1-18(8-9-22-17(19)20-18)16-7-3-6-15(11-16)14-5-2-4-13(10-14)12-21/h2-7,10-11,21H,8-9,12H2,1H3,(H2,19,20)/t18-/m0/s1. The molecule has 0 saturated carbocycles. The summed E-state index contributed by atoms with van der Waals surface area (Å²) in [7, 11) is 0. The number of benzene rings is 2. The van der Waals surface area contributed by atoms with Gasteiger partial charge in [-0.2, -0.15) is 0 Å². The van der Waals surface area contributed by atoms with Crippen LogP contribution in [-0.2, 0) is 12.1 Å². The molecular formula is C18H20N2OS. The third-order valence-electron chi connectivity index (χ3n) is 4.12. The first-order chi connectivity index (χ1) is 10.6. The van der Waals surface area contributed by atoms with Crippen molar-refractivity contribution in [1.82, 2.24) is 0 Å². The van der Waals surface area contributed by atoms with Crippen molar-refractivity contribution in [2.24, 2.45) is 10.7 Å². The molecule has 22 heavy (non-hydrogen) atoms. The molecule has 0 fully saturated rings. The molecule has 4 heteroatoms. The highest BCUT2D eigenvalue weighted by Gasteiger charge is 2.29. The summed E-state index contributed by atoms with van der Waals surface area (Å²) in [6.07, 6.45) is 0.985. The summed E-state index contributed by atoms with van der Waals surface area (Å²) in [6, 6.07) is 16.4. The Bertz CT molecular complexity index is 714. The highest BCUT2D eigenvalue weighted by Crippen LogP contribution is 2.36. The molecule has 0 aromatic heterocycles. The number of rotatable bonds is 3. The molecule has 3 N–H and O–H groups in total. The van der Waals surface area contributed by atoms with Crippen molar-refractivity contribution in [2.75, 3.05) is 5.75 Å². The van der Waals surface area contributed by atoms with Gasteiger partial charge in [-0.1, -0.05) is 48.2 Å². The number of amidine groups is 1. The molecule has 0 radical (unpaired) electrons. The van der Waals surface area contributed by atoms with Crippen LogP contribution in [0, 0.1) is 0 Å². The summed E-state index contributed by atoms with van der Waals surface area (Å²) < 4.78 is 0. The van der Waals surface area contributed by atoms with Crippen LogP contribution in [0.1, 0.15) is 24.5 Å². The number of thioether (sulfide) groups is 1. The van der Waals surface area contributed by atoms with Crippen molar-refractivity contribution >= 4 is 16.9 Å². The van der Waals surface area contributed by atoms with Gasteiger partial charge in [-0.25, -0.2) is 0 Å². The molecular weight excluding hydrogens is 292 g/mol. The van der Waals surface area contributed by atoms with E-state index in [1.165, 1.54) is 5.56 Å². The second kappa shape index (κ2) is 6.15. The normalized spacial score (nSPS) is 21.5. The lowest BCUT2D eigenvalue weighted by atomic mass is 9.87. The van der Waals surface area contributed by atoms with E-state index < -0.39 is 0 Å². The SMILES string of the molecule is C[C@@]1(c2cccc(-c3cccc(CO)c3)c2)CCSC(N)=N1. The topological polar surface area (TPSA) is 58.6 Å². The molecule has 2 aromatic carbocycles. The Labute approximate surface area is 135 Å². The second-order valence-corrected chi connectivity index (χ2v) is 6.88. The minimum absolute atomic E-state index is 0.0588. The van der Waals surface area contributed by atoms with Gasteiger partial charge in [-0.15, -0.1) is 0 Å². The van der Waals surface area contributed by atoms with Crippen LogP contribution >= 0.6 is 11.8 Å². The largest absolute Gasteiger partial charge is 0.392 e. The fourth-order valence-corrected chi connectivity index (χ4v) is 3.75. The van der Waals surface area contributed by atoms with Crippen molar-refractivity contribution in [3.8, 4) is 11.1 Å². The Balaban J connectivity index is 2.01. The van der Waals surface area contributed by atoms with E-state index in [0.717, 1.165) is 28.9 Å². The van der Waals surface area contributed by atoms with Crippen molar-refractivity contribution in [1.29, 1.82) is 0 Å². The molecule has 1 aliphatic rings. The second-order valence-electron chi connectivity index (χ2n) is 5.76. The van der Waals surface area contributed by atoms with Gasteiger partial charge in [0.1, 0.15) is 0 Å². The molecule has 0 amide bonds. The van der Waals surface area contributed by atoms with Crippen molar-refractivity contribution in [3.63, 3.8) is 0 Å². The summed E-state index contributed by atoms with van der Waals surface area (Å²) in [4.78, 5) is 4.67. The highest BCUT2D eigenvalue weighted by atomic mass is 32.2. The summed E-state index contributed by atoms with van der Waals surface area (Å²) >= 11 is 1.62. The number of nitrogens with two attached hydrogens (primary N) is 1. The predicted molar refractivity (Wildman–Crippen MR) is 93.9 cm³/mol. The van der Waals surface area contributed by atoms with E-state index in [0.29, 0.717) is 5.17 Å². The zero-order valence-corrected chi connectivity index (χ0v) is 13.4. The van der Waals surface area contributed by atoms with E-state index in [-0.39, 0.29) is 12.1 Å². The van der Waals surface area contributed by atoms with E-state index >= 15 is 0 Å². The smallest absolute Gasteiger partial charge is 0.154 e. The third kappa shape index (κ3) is 3.03. The molecule has 114 valence electrons. The molecule has 0 spiro atoms. The molecule has 2 aromatic rings. The number of aliphatic imine (C=N–C) groups is 1. The minimum atomic E-state index is -0.250. The average Bonchev–Trinajstić information content (AvgIpc) is 2.55. The van der Waals surface area contributed by atoms with E-state index in [4.69, 9.17) is 5.73 Å². The lowest BCUT2D eigenvalue weighted by molar-refractivity contribution is 0.282. The average molecular weight is 312 g/mol. The molecule has 3 nitrogen and oxygen atoms in total. The van der Waals surface area contributed by atoms with Crippen LogP contribution in [0.3, 0.4) is 0 Å². The summed E-state index contributed by atoms with van der Waals surface area (Å²) in [5.74, 6) is 0.996. The van der Waals surface area contributed by atoms with Crippen molar-refractivity contribution in [3.05, 3.63) is 59.7 Å². The molecule has 3 rings (SSSR count). The first-order valence-corrected chi connectivity index (χ1v) is 8.38. The molecule has 1 atom stereocenters. The highest BCUT2D eigenvalue weighted by molar-refractivity contribution is 8.13. The molecule has 1 aliphatic heterocycles. The van der Waals surface area contributed by atoms with Crippen LogP contribution in [0.5, 0.6) is 0 Å². The number of aliphatic hydroxyl groups excluding tert-OH is 1. The lowest BCUT2D eigenvalue weighted by Crippen LogP contribution is -2.28.